The number of fused-ring (bicyclic) bond motifs is 1. The molecule has 19 heavy (non-hydrogen) atoms. The minimum Gasteiger partial charge on any atom is -0.300 e. The molecule has 1 N–H and O–H groups in total. The molecule has 0 atom stereocenters. The predicted molar refractivity (Wildman–Crippen MR) is 75.2 cm³/mol. The number of amides is 1. The molecular weight excluding hydrogens is 260 g/mol. The maximum Gasteiger partial charge on any atom is 0.247 e. The van der Waals surface area contributed by atoms with Gasteiger partial charge in [-0.3, -0.25) is 9.48 Å². The number of carbonyl (C=O) groups excluding carboxylic acids is 1. The molecule has 0 aliphatic heterocycles. The Hall–Kier alpha value is -2.21. The summed E-state index contributed by atoms with van der Waals surface area (Å²) in [6.45, 7) is 2.21. The van der Waals surface area contributed by atoms with E-state index in [-0.39, 0.29) is 12.5 Å². The molecule has 0 fully saturated rings. The zero-order chi connectivity index (χ0) is 13.2. The summed E-state index contributed by atoms with van der Waals surface area (Å²) in [5.74, 6) is -0.125. The fourth-order valence-corrected chi connectivity index (χ4v) is 2.80. The number of para-hydroxylation sites is 1. The molecule has 3 aromatic rings. The lowest BCUT2D eigenvalue weighted by molar-refractivity contribution is -0.116. The predicted octanol–water partition coefficient (Wildman–Crippen LogP) is 2.44. The van der Waals surface area contributed by atoms with Crippen LogP contribution in [0, 0.1) is 6.92 Å². The standard InChI is InChI=1S/C13H12N4OS/c1-9-4-2-5-10-12(9)16-13(19-10)15-11(18)8-17-7-3-6-14-17/h2-7H,8H2,1H3,(H,15,16,18). The zero-order valence-electron chi connectivity index (χ0n) is 10.3. The van der Waals surface area contributed by atoms with Crippen LogP contribution in [0.2, 0.25) is 0 Å². The Morgan fingerprint density at radius 3 is 3.05 bits per heavy atom. The smallest absolute Gasteiger partial charge is 0.247 e. The van der Waals surface area contributed by atoms with Gasteiger partial charge in [0.1, 0.15) is 6.54 Å². The number of hydrogen-bond acceptors (Lipinski definition) is 4. The van der Waals surface area contributed by atoms with Crippen molar-refractivity contribution in [1.82, 2.24) is 14.8 Å². The van der Waals surface area contributed by atoms with Crippen molar-refractivity contribution >= 4 is 32.6 Å². The van der Waals surface area contributed by atoms with Crippen LogP contribution in [0.15, 0.2) is 36.7 Å². The summed E-state index contributed by atoms with van der Waals surface area (Å²) in [5, 5.41) is 7.42. The Morgan fingerprint density at radius 2 is 2.32 bits per heavy atom. The molecule has 96 valence electrons. The molecule has 0 radical (unpaired) electrons. The number of nitrogens with zero attached hydrogens (tertiary/aromatic N) is 3. The third-order valence-electron chi connectivity index (χ3n) is 2.73. The number of aryl methyl sites for hydroxylation is 1. The van der Waals surface area contributed by atoms with Gasteiger partial charge in [-0.2, -0.15) is 5.10 Å². The number of benzene rings is 1. The number of rotatable bonds is 3. The first-order chi connectivity index (χ1) is 9.22. The van der Waals surface area contributed by atoms with Crippen molar-refractivity contribution in [2.24, 2.45) is 0 Å². The van der Waals surface area contributed by atoms with Gasteiger partial charge in [0.2, 0.25) is 5.91 Å². The van der Waals surface area contributed by atoms with Gasteiger partial charge in [0.25, 0.3) is 0 Å². The third-order valence-corrected chi connectivity index (χ3v) is 3.67. The summed E-state index contributed by atoms with van der Waals surface area (Å²) in [6, 6.07) is 7.79. The third kappa shape index (κ3) is 2.48. The maximum absolute atomic E-state index is 11.8. The second-order valence-corrected chi connectivity index (χ2v) is 5.22. The summed E-state index contributed by atoms with van der Waals surface area (Å²) in [7, 11) is 0. The van der Waals surface area contributed by atoms with Crippen LogP contribution < -0.4 is 5.32 Å². The first-order valence-electron chi connectivity index (χ1n) is 5.86. The molecule has 0 saturated heterocycles. The number of carbonyl (C=O) groups is 1. The van der Waals surface area contributed by atoms with E-state index in [1.54, 1.807) is 23.1 Å². The number of aromatic nitrogens is 3. The molecular formula is C13H12N4OS. The molecule has 1 amide bonds. The van der Waals surface area contributed by atoms with Crippen molar-refractivity contribution in [3.63, 3.8) is 0 Å². The summed E-state index contributed by atoms with van der Waals surface area (Å²) in [5.41, 5.74) is 2.06. The van der Waals surface area contributed by atoms with Crippen molar-refractivity contribution in [3.8, 4) is 0 Å². The Labute approximate surface area is 113 Å². The van der Waals surface area contributed by atoms with E-state index in [2.05, 4.69) is 15.4 Å². The lowest BCUT2D eigenvalue weighted by Crippen LogP contribution is -2.18. The van der Waals surface area contributed by atoms with E-state index in [1.807, 2.05) is 25.1 Å². The summed E-state index contributed by atoms with van der Waals surface area (Å²) < 4.78 is 2.66. The molecule has 5 nitrogen and oxygen atoms in total. The van der Waals surface area contributed by atoms with Gasteiger partial charge in [-0.25, -0.2) is 4.98 Å². The van der Waals surface area contributed by atoms with Crippen molar-refractivity contribution in [2.75, 3.05) is 5.32 Å². The fraction of sp³-hybridized carbons (Fsp3) is 0.154. The van der Waals surface area contributed by atoms with Gasteiger partial charge in [0, 0.05) is 12.4 Å². The number of thiazole rings is 1. The van der Waals surface area contributed by atoms with E-state index in [9.17, 15) is 4.79 Å². The van der Waals surface area contributed by atoms with Crippen LogP contribution in [0.4, 0.5) is 5.13 Å². The van der Waals surface area contributed by atoms with Gasteiger partial charge in [0.15, 0.2) is 5.13 Å². The zero-order valence-corrected chi connectivity index (χ0v) is 11.1. The van der Waals surface area contributed by atoms with Gasteiger partial charge in [-0.1, -0.05) is 23.5 Å². The lowest BCUT2D eigenvalue weighted by Gasteiger charge is -2.01. The highest BCUT2D eigenvalue weighted by molar-refractivity contribution is 7.22. The first-order valence-corrected chi connectivity index (χ1v) is 6.67. The molecule has 0 spiro atoms. The minimum absolute atomic E-state index is 0.125. The first kappa shape index (κ1) is 11.9. The van der Waals surface area contributed by atoms with Gasteiger partial charge in [-0.15, -0.1) is 0 Å². The summed E-state index contributed by atoms with van der Waals surface area (Å²) in [4.78, 5) is 16.3. The highest BCUT2D eigenvalue weighted by Crippen LogP contribution is 2.27. The molecule has 0 saturated carbocycles. The van der Waals surface area contributed by atoms with Crippen molar-refractivity contribution in [3.05, 3.63) is 42.2 Å². The van der Waals surface area contributed by atoms with Crippen LogP contribution >= 0.6 is 11.3 Å². The van der Waals surface area contributed by atoms with Crippen molar-refractivity contribution in [2.45, 2.75) is 13.5 Å². The van der Waals surface area contributed by atoms with Crippen LogP contribution in [-0.4, -0.2) is 20.7 Å². The van der Waals surface area contributed by atoms with Crippen LogP contribution in [0.25, 0.3) is 10.2 Å². The molecule has 0 aliphatic carbocycles. The molecule has 2 aromatic heterocycles. The summed E-state index contributed by atoms with van der Waals surface area (Å²) >= 11 is 1.48. The number of hydrogen-bond donors (Lipinski definition) is 1. The SMILES string of the molecule is Cc1cccc2sc(NC(=O)Cn3cccn3)nc12. The molecule has 3 rings (SSSR count). The number of anilines is 1. The molecule has 0 bridgehead atoms. The van der Waals surface area contributed by atoms with E-state index in [0.717, 1.165) is 15.8 Å². The average molecular weight is 272 g/mol. The largest absolute Gasteiger partial charge is 0.300 e. The second kappa shape index (κ2) is 4.81. The maximum atomic E-state index is 11.8. The minimum atomic E-state index is -0.125. The normalized spacial score (nSPS) is 10.8. The molecule has 1 aromatic carbocycles. The van der Waals surface area contributed by atoms with Crippen LogP contribution in [0.5, 0.6) is 0 Å². The molecule has 2 heterocycles. The molecule has 0 unspecified atom stereocenters. The van der Waals surface area contributed by atoms with Crippen LogP contribution in [-0.2, 0) is 11.3 Å². The van der Waals surface area contributed by atoms with E-state index >= 15 is 0 Å². The van der Waals surface area contributed by atoms with E-state index in [4.69, 9.17) is 0 Å². The lowest BCUT2D eigenvalue weighted by atomic mass is 10.2. The van der Waals surface area contributed by atoms with E-state index < -0.39 is 0 Å². The number of nitrogens with one attached hydrogen (secondary N) is 1. The monoisotopic (exact) mass is 272 g/mol. The topological polar surface area (TPSA) is 59.8 Å². The Morgan fingerprint density at radius 1 is 1.42 bits per heavy atom. The fourth-order valence-electron chi connectivity index (χ4n) is 1.84. The highest BCUT2D eigenvalue weighted by Gasteiger charge is 2.09. The molecule has 6 heteroatoms. The van der Waals surface area contributed by atoms with Gasteiger partial charge in [0.05, 0.1) is 10.2 Å². The Kier molecular flexibility index (Phi) is 3.00. The van der Waals surface area contributed by atoms with Crippen LogP contribution in [0.3, 0.4) is 0 Å². The average Bonchev–Trinajstić information content (AvgIpc) is 2.98. The van der Waals surface area contributed by atoms with Gasteiger partial charge >= 0.3 is 0 Å². The Balaban J connectivity index is 1.78. The van der Waals surface area contributed by atoms with E-state index in [0.29, 0.717) is 5.13 Å². The quantitative estimate of drug-likeness (QED) is 0.796. The second-order valence-electron chi connectivity index (χ2n) is 4.19. The van der Waals surface area contributed by atoms with Crippen LogP contribution in [0.1, 0.15) is 5.56 Å². The van der Waals surface area contributed by atoms with Gasteiger partial charge < -0.3 is 5.32 Å². The van der Waals surface area contributed by atoms with Crippen molar-refractivity contribution in [1.29, 1.82) is 0 Å². The molecule has 0 aliphatic rings. The van der Waals surface area contributed by atoms with Crippen molar-refractivity contribution < 1.29 is 4.79 Å². The van der Waals surface area contributed by atoms with Gasteiger partial charge in [-0.05, 0) is 24.6 Å². The Bertz CT molecular complexity index is 717. The summed E-state index contributed by atoms with van der Waals surface area (Å²) in [6.07, 6.45) is 3.40. The highest BCUT2D eigenvalue weighted by atomic mass is 32.1. The van der Waals surface area contributed by atoms with E-state index in [1.165, 1.54) is 11.3 Å².